The molecule has 14 heavy (non-hydrogen) atoms. The second-order valence-electron chi connectivity index (χ2n) is 2.20. The molecule has 0 aromatic carbocycles. The first kappa shape index (κ1) is 11.4. The third kappa shape index (κ3) is 2.91. The number of nitrogen functional groups attached to an aromatic ring is 1. The molecule has 0 saturated carbocycles. The second-order valence-corrected chi connectivity index (χ2v) is 3.36. The van der Waals surface area contributed by atoms with Gasteiger partial charge in [-0.3, -0.25) is 0 Å². The highest BCUT2D eigenvalue weighted by molar-refractivity contribution is 9.10. The van der Waals surface area contributed by atoms with E-state index in [2.05, 4.69) is 25.7 Å². The Kier molecular flexibility index (Phi) is 3.10. The van der Waals surface area contributed by atoms with Crippen LogP contribution in [0, 0.1) is 0 Å². The van der Waals surface area contributed by atoms with Crippen molar-refractivity contribution in [1.29, 1.82) is 0 Å². The summed E-state index contributed by atoms with van der Waals surface area (Å²) < 4.78 is 39.0. The summed E-state index contributed by atoms with van der Waals surface area (Å²) in [5.74, 6) is -0.607. The van der Waals surface area contributed by atoms with Crippen molar-refractivity contribution in [3.63, 3.8) is 0 Å². The molecule has 0 fully saturated rings. The highest BCUT2D eigenvalue weighted by Crippen LogP contribution is 2.36. The average molecular weight is 291 g/mol. The Morgan fingerprint density at radius 2 is 2.07 bits per heavy atom. The smallest absolute Gasteiger partial charge is 0.401 e. The maximum atomic E-state index is 11.8. The molecule has 0 amide bonds. The van der Waals surface area contributed by atoms with Crippen molar-refractivity contribution in [3.8, 4) is 5.75 Å². The lowest BCUT2D eigenvalue weighted by molar-refractivity contribution is -0.275. The van der Waals surface area contributed by atoms with E-state index in [1.54, 1.807) is 0 Å². The van der Waals surface area contributed by atoms with E-state index in [0.717, 1.165) is 6.07 Å². The van der Waals surface area contributed by atoms with Gasteiger partial charge in [0.15, 0.2) is 10.4 Å². The van der Waals surface area contributed by atoms with E-state index < -0.39 is 12.1 Å². The van der Waals surface area contributed by atoms with E-state index in [9.17, 15) is 13.2 Å². The van der Waals surface area contributed by atoms with Gasteiger partial charge >= 0.3 is 6.36 Å². The number of hydrogen-bond acceptors (Lipinski definition) is 3. The lowest BCUT2D eigenvalue weighted by atomic mass is 10.4. The Morgan fingerprint density at radius 3 is 2.50 bits per heavy atom. The molecule has 0 aliphatic rings. The zero-order valence-corrected chi connectivity index (χ0v) is 8.74. The van der Waals surface area contributed by atoms with Crippen molar-refractivity contribution < 1.29 is 17.9 Å². The molecule has 0 unspecified atom stereocenters. The molecule has 0 spiro atoms. The van der Waals surface area contributed by atoms with Crippen LogP contribution < -0.4 is 10.5 Å². The predicted octanol–water partition coefficient (Wildman–Crippen LogP) is 2.98. The molecule has 0 aliphatic heterocycles. The van der Waals surface area contributed by atoms with Crippen LogP contribution >= 0.6 is 27.5 Å². The van der Waals surface area contributed by atoms with E-state index in [0.29, 0.717) is 0 Å². The topological polar surface area (TPSA) is 48.1 Å². The van der Waals surface area contributed by atoms with Gasteiger partial charge in [-0.05, 0) is 15.9 Å². The highest BCUT2D eigenvalue weighted by Gasteiger charge is 2.33. The first-order valence-electron chi connectivity index (χ1n) is 3.17. The molecule has 0 bridgehead atoms. The molecule has 1 heterocycles. The lowest BCUT2D eigenvalue weighted by Gasteiger charge is -2.11. The SMILES string of the molecule is Nc1cc(Cl)c(OC(F)(F)F)c(Br)n1. The molecule has 3 nitrogen and oxygen atoms in total. The van der Waals surface area contributed by atoms with Crippen molar-refractivity contribution >= 4 is 33.3 Å². The van der Waals surface area contributed by atoms with Gasteiger partial charge in [0.2, 0.25) is 0 Å². The van der Waals surface area contributed by atoms with Crippen molar-refractivity contribution in [2.45, 2.75) is 6.36 Å². The minimum Gasteiger partial charge on any atom is -0.401 e. The molecule has 0 atom stereocenters. The zero-order chi connectivity index (χ0) is 10.9. The van der Waals surface area contributed by atoms with Crippen molar-refractivity contribution in [1.82, 2.24) is 4.98 Å². The van der Waals surface area contributed by atoms with Crippen LogP contribution in [0.25, 0.3) is 0 Å². The van der Waals surface area contributed by atoms with Gasteiger partial charge < -0.3 is 10.5 Å². The zero-order valence-electron chi connectivity index (χ0n) is 6.40. The van der Waals surface area contributed by atoms with Gasteiger partial charge in [0.1, 0.15) is 5.82 Å². The maximum Gasteiger partial charge on any atom is 0.573 e. The van der Waals surface area contributed by atoms with Crippen LogP contribution in [0.4, 0.5) is 19.0 Å². The number of alkyl halides is 3. The summed E-state index contributed by atoms with van der Waals surface area (Å²) in [5, 5.41) is -0.262. The van der Waals surface area contributed by atoms with E-state index in [1.165, 1.54) is 0 Å². The summed E-state index contributed by atoms with van der Waals surface area (Å²) in [4.78, 5) is 3.50. The normalized spacial score (nSPS) is 11.5. The van der Waals surface area contributed by atoms with E-state index in [4.69, 9.17) is 17.3 Å². The molecular weight excluding hydrogens is 288 g/mol. The Morgan fingerprint density at radius 1 is 1.50 bits per heavy atom. The standard InChI is InChI=1S/C6H3BrClF3N2O/c7-5-4(14-6(9,10)11)2(8)1-3(12)13-5/h1H,(H2,12,13). The first-order chi connectivity index (χ1) is 6.29. The number of hydrogen-bond donors (Lipinski definition) is 1. The first-order valence-corrected chi connectivity index (χ1v) is 4.34. The van der Waals surface area contributed by atoms with Crippen LogP contribution in [0.1, 0.15) is 0 Å². The summed E-state index contributed by atoms with van der Waals surface area (Å²) in [5.41, 5.74) is 5.23. The molecule has 2 N–H and O–H groups in total. The van der Waals surface area contributed by atoms with Crippen molar-refractivity contribution in [3.05, 3.63) is 15.7 Å². The van der Waals surface area contributed by atoms with Crippen LogP contribution in [0.15, 0.2) is 10.7 Å². The van der Waals surface area contributed by atoms with Gasteiger partial charge in [0, 0.05) is 6.07 Å². The quantitative estimate of drug-likeness (QED) is 0.809. The van der Waals surface area contributed by atoms with Crippen LogP contribution in [-0.2, 0) is 0 Å². The Hall–Kier alpha value is -0.690. The van der Waals surface area contributed by atoms with E-state index >= 15 is 0 Å². The van der Waals surface area contributed by atoms with E-state index in [1.807, 2.05) is 0 Å². The van der Waals surface area contributed by atoms with Gasteiger partial charge in [-0.25, -0.2) is 4.98 Å². The molecule has 8 heteroatoms. The number of anilines is 1. The minimum atomic E-state index is -4.82. The van der Waals surface area contributed by atoms with Crippen LogP contribution in [0.2, 0.25) is 5.02 Å². The van der Waals surface area contributed by atoms with Crippen molar-refractivity contribution in [2.24, 2.45) is 0 Å². The number of ether oxygens (including phenoxy) is 1. The van der Waals surface area contributed by atoms with Crippen LogP contribution in [-0.4, -0.2) is 11.3 Å². The number of rotatable bonds is 1. The van der Waals surface area contributed by atoms with Gasteiger partial charge in [-0.15, -0.1) is 13.2 Å². The molecule has 1 aromatic heterocycles. The summed E-state index contributed by atoms with van der Waals surface area (Å²) >= 11 is 8.22. The molecule has 0 aliphatic carbocycles. The fourth-order valence-corrected chi connectivity index (χ4v) is 1.55. The fraction of sp³-hybridized carbons (Fsp3) is 0.167. The third-order valence-electron chi connectivity index (χ3n) is 1.12. The number of pyridine rings is 1. The lowest BCUT2D eigenvalue weighted by Crippen LogP contribution is -2.18. The molecule has 0 radical (unpaired) electrons. The Labute approximate surface area is 90.1 Å². The summed E-state index contributed by atoms with van der Waals surface area (Å²) in [6.07, 6.45) is -4.82. The van der Waals surface area contributed by atoms with Gasteiger partial charge in [0.05, 0.1) is 5.02 Å². The van der Waals surface area contributed by atoms with E-state index in [-0.39, 0.29) is 15.4 Å². The molecule has 0 saturated heterocycles. The van der Waals surface area contributed by atoms with Gasteiger partial charge in [-0.2, -0.15) is 0 Å². The maximum absolute atomic E-state index is 11.8. The summed E-state index contributed by atoms with van der Waals surface area (Å²) in [6.45, 7) is 0. The van der Waals surface area contributed by atoms with Gasteiger partial charge in [-0.1, -0.05) is 11.6 Å². The average Bonchev–Trinajstić information content (AvgIpc) is 1.95. The summed E-state index contributed by atoms with van der Waals surface area (Å²) in [7, 11) is 0. The second kappa shape index (κ2) is 3.82. The summed E-state index contributed by atoms with van der Waals surface area (Å²) in [6, 6.07) is 1.06. The monoisotopic (exact) mass is 290 g/mol. The fourth-order valence-electron chi connectivity index (χ4n) is 0.697. The Balaban J connectivity index is 3.09. The number of halogens is 5. The third-order valence-corrected chi connectivity index (χ3v) is 1.94. The molecule has 78 valence electrons. The van der Waals surface area contributed by atoms with Crippen molar-refractivity contribution in [2.75, 3.05) is 5.73 Å². The Bertz CT molecular complexity index is 334. The van der Waals surface area contributed by atoms with Crippen LogP contribution in [0.5, 0.6) is 5.75 Å². The van der Waals surface area contributed by atoms with Gasteiger partial charge in [0.25, 0.3) is 0 Å². The largest absolute Gasteiger partial charge is 0.573 e. The molecular formula is C6H3BrClF3N2O. The number of nitrogens with zero attached hydrogens (tertiary/aromatic N) is 1. The highest BCUT2D eigenvalue weighted by atomic mass is 79.9. The minimum absolute atomic E-state index is 0.00333. The number of nitrogens with two attached hydrogens (primary N) is 1. The molecule has 1 rings (SSSR count). The molecule has 1 aromatic rings. The van der Waals surface area contributed by atoms with Crippen LogP contribution in [0.3, 0.4) is 0 Å². The predicted molar refractivity (Wildman–Crippen MR) is 48.0 cm³/mol. The number of aromatic nitrogens is 1.